The number of hydrazine groups is 1. The minimum Gasteiger partial charge on any atom is -0.399 e. The smallest absolute Gasteiger partial charge is 0.277 e. The zero-order valence-corrected chi connectivity index (χ0v) is 14.7. The number of carbonyl (C=O) groups excluding carboxylic acids is 1. The van der Waals surface area contributed by atoms with E-state index < -0.39 is 5.91 Å². The third kappa shape index (κ3) is 5.56. The first-order valence-corrected chi connectivity index (χ1v) is 8.74. The third-order valence-electron chi connectivity index (χ3n) is 3.77. The summed E-state index contributed by atoms with van der Waals surface area (Å²) in [4.78, 5) is 15.7. The molecule has 0 spiro atoms. The molecule has 3 rings (SSSR count). The lowest BCUT2D eigenvalue weighted by atomic mass is 9.93. The molecule has 1 saturated carbocycles. The van der Waals surface area contributed by atoms with E-state index in [1.807, 2.05) is 30.3 Å². The van der Waals surface area contributed by atoms with Crippen molar-refractivity contribution in [2.24, 2.45) is 17.3 Å². The van der Waals surface area contributed by atoms with Gasteiger partial charge < -0.3 is 21.6 Å². The normalized spacial score (nSPS) is 14.2. The SMILES string of the molecule is N/C(=C\N(N)C1CCC1)CO.NC(=O)c1ncc(-c2ccccc2)s1. The molecule has 1 fully saturated rings. The lowest BCUT2D eigenvalue weighted by Crippen LogP contribution is -2.41. The highest BCUT2D eigenvalue weighted by Crippen LogP contribution is 2.25. The molecule has 7 N–H and O–H groups in total. The Morgan fingerprint density at radius 2 is 2.00 bits per heavy atom. The van der Waals surface area contributed by atoms with Crippen LogP contribution in [0.5, 0.6) is 0 Å². The number of aliphatic hydroxyl groups is 1. The van der Waals surface area contributed by atoms with Crippen molar-refractivity contribution >= 4 is 17.2 Å². The van der Waals surface area contributed by atoms with Crippen LogP contribution >= 0.6 is 11.3 Å². The number of nitrogens with two attached hydrogens (primary N) is 3. The summed E-state index contributed by atoms with van der Waals surface area (Å²) in [6.45, 7) is -0.125. The van der Waals surface area contributed by atoms with Crippen LogP contribution in [0.25, 0.3) is 10.4 Å². The molecule has 0 saturated heterocycles. The molecule has 2 aromatic rings. The van der Waals surface area contributed by atoms with E-state index in [4.69, 9.17) is 22.4 Å². The Hall–Kier alpha value is -2.42. The molecule has 0 bridgehead atoms. The fourth-order valence-electron chi connectivity index (χ4n) is 2.15. The molecule has 0 radical (unpaired) electrons. The van der Waals surface area contributed by atoms with Crippen molar-refractivity contribution in [1.82, 2.24) is 9.99 Å². The van der Waals surface area contributed by atoms with Gasteiger partial charge in [0.1, 0.15) is 0 Å². The van der Waals surface area contributed by atoms with Crippen molar-refractivity contribution in [1.29, 1.82) is 0 Å². The molecule has 0 atom stereocenters. The zero-order chi connectivity index (χ0) is 18.2. The second kappa shape index (κ2) is 9.16. The topological polar surface area (TPSA) is 131 Å². The number of hydrogen-bond acceptors (Lipinski definition) is 7. The van der Waals surface area contributed by atoms with Crippen LogP contribution < -0.4 is 17.3 Å². The number of nitrogens with zero attached hydrogens (tertiary/aromatic N) is 2. The van der Waals surface area contributed by atoms with Crippen LogP contribution in [0.15, 0.2) is 48.4 Å². The summed E-state index contributed by atoms with van der Waals surface area (Å²) in [5.41, 5.74) is 12.0. The number of benzene rings is 1. The molecule has 1 amide bonds. The molecule has 25 heavy (non-hydrogen) atoms. The Labute approximate surface area is 150 Å². The molecule has 1 aromatic carbocycles. The molecule has 1 aromatic heterocycles. The fraction of sp³-hybridized carbons (Fsp3) is 0.294. The first kappa shape index (κ1) is 18.9. The highest BCUT2D eigenvalue weighted by atomic mass is 32.1. The molecule has 7 nitrogen and oxygen atoms in total. The number of primary amides is 1. The van der Waals surface area contributed by atoms with Crippen molar-refractivity contribution in [2.45, 2.75) is 25.3 Å². The number of thiazole rings is 1. The predicted octanol–water partition coefficient (Wildman–Crippen LogP) is 1.42. The number of aliphatic hydroxyl groups excluding tert-OH is 1. The average molecular weight is 361 g/mol. The van der Waals surface area contributed by atoms with Gasteiger partial charge in [0.15, 0.2) is 5.01 Å². The van der Waals surface area contributed by atoms with Crippen molar-refractivity contribution in [3.05, 3.63) is 53.4 Å². The molecule has 0 aliphatic heterocycles. The van der Waals surface area contributed by atoms with Crippen molar-refractivity contribution < 1.29 is 9.90 Å². The maximum absolute atomic E-state index is 10.8. The summed E-state index contributed by atoms with van der Waals surface area (Å²) >= 11 is 1.31. The van der Waals surface area contributed by atoms with Gasteiger partial charge >= 0.3 is 0 Å². The molecular weight excluding hydrogens is 338 g/mol. The van der Waals surface area contributed by atoms with E-state index in [2.05, 4.69) is 4.98 Å². The summed E-state index contributed by atoms with van der Waals surface area (Å²) in [5, 5.41) is 10.5. The lowest BCUT2D eigenvalue weighted by Gasteiger charge is -2.33. The van der Waals surface area contributed by atoms with Crippen molar-refractivity contribution in [3.8, 4) is 10.4 Å². The standard InChI is InChI=1S/C10H8N2OS.C7H15N3O/c11-9(13)10-12-6-8(14-10)7-4-2-1-3-5-7;8-6(5-11)4-10(9)7-2-1-3-7/h1-6H,(H2,11,13);4,7,11H,1-3,5,8-9H2/b;6-4-. The van der Waals surface area contributed by atoms with Crippen LogP contribution in [0, 0.1) is 0 Å². The zero-order valence-electron chi connectivity index (χ0n) is 13.8. The highest BCUT2D eigenvalue weighted by molar-refractivity contribution is 7.16. The Morgan fingerprint density at radius 3 is 2.48 bits per heavy atom. The first-order valence-electron chi connectivity index (χ1n) is 7.92. The van der Waals surface area contributed by atoms with Gasteiger partial charge in [0.2, 0.25) is 0 Å². The average Bonchev–Trinajstić information content (AvgIpc) is 3.05. The number of rotatable bonds is 5. The van der Waals surface area contributed by atoms with Gasteiger partial charge in [-0.1, -0.05) is 30.3 Å². The van der Waals surface area contributed by atoms with E-state index in [9.17, 15) is 4.79 Å². The Kier molecular flexibility index (Phi) is 6.93. The van der Waals surface area contributed by atoms with E-state index in [0.29, 0.717) is 16.7 Å². The molecule has 1 heterocycles. The van der Waals surface area contributed by atoms with Gasteiger partial charge in [0.05, 0.1) is 17.2 Å². The lowest BCUT2D eigenvalue weighted by molar-refractivity contribution is 0.1000. The number of aromatic nitrogens is 1. The quantitative estimate of drug-likeness (QED) is 0.470. The minimum atomic E-state index is -0.475. The molecule has 0 unspecified atom stereocenters. The van der Waals surface area contributed by atoms with Gasteiger partial charge in [-0.15, -0.1) is 11.3 Å². The first-order chi connectivity index (χ1) is 12.0. The van der Waals surface area contributed by atoms with E-state index in [1.54, 1.807) is 17.4 Å². The summed E-state index contributed by atoms with van der Waals surface area (Å²) in [7, 11) is 0. The molecule has 1 aliphatic carbocycles. The second-order valence-corrected chi connectivity index (χ2v) is 6.68. The van der Waals surface area contributed by atoms with Gasteiger partial charge in [-0.25, -0.2) is 10.8 Å². The van der Waals surface area contributed by atoms with Crippen LogP contribution in [-0.2, 0) is 0 Å². The van der Waals surface area contributed by atoms with E-state index >= 15 is 0 Å². The van der Waals surface area contributed by atoms with Crippen LogP contribution in [0.3, 0.4) is 0 Å². The van der Waals surface area contributed by atoms with Crippen LogP contribution in [0.4, 0.5) is 0 Å². The fourth-order valence-corrected chi connectivity index (χ4v) is 2.92. The number of hydrogen-bond donors (Lipinski definition) is 4. The Balaban J connectivity index is 0.000000186. The van der Waals surface area contributed by atoms with E-state index in [-0.39, 0.29) is 6.61 Å². The van der Waals surface area contributed by atoms with Crippen molar-refractivity contribution in [2.75, 3.05) is 6.61 Å². The molecule has 1 aliphatic rings. The van der Waals surface area contributed by atoms with Gasteiger partial charge in [0, 0.05) is 18.4 Å². The summed E-state index contributed by atoms with van der Waals surface area (Å²) in [5.74, 6) is 5.15. The number of carbonyl (C=O) groups is 1. The van der Waals surface area contributed by atoms with Crippen molar-refractivity contribution in [3.63, 3.8) is 0 Å². The molecule has 134 valence electrons. The van der Waals surface area contributed by atoms with E-state index in [0.717, 1.165) is 23.3 Å². The maximum atomic E-state index is 10.8. The van der Waals surface area contributed by atoms with Gasteiger partial charge in [0.25, 0.3) is 5.91 Å². The van der Waals surface area contributed by atoms with Gasteiger partial charge in [-0.3, -0.25) is 4.79 Å². The van der Waals surface area contributed by atoms with Crippen LogP contribution in [0.1, 0.15) is 29.1 Å². The largest absolute Gasteiger partial charge is 0.399 e. The molecular formula is C17H23N5O2S. The number of amides is 1. The van der Waals surface area contributed by atoms with Gasteiger partial charge in [-0.05, 0) is 24.8 Å². The highest BCUT2D eigenvalue weighted by Gasteiger charge is 2.20. The van der Waals surface area contributed by atoms with E-state index in [1.165, 1.54) is 17.8 Å². The summed E-state index contributed by atoms with van der Waals surface area (Å²) < 4.78 is 0. The Bertz CT molecular complexity index is 713. The van der Waals surface area contributed by atoms with Gasteiger partial charge in [-0.2, -0.15) is 0 Å². The second-order valence-electron chi connectivity index (χ2n) is 5.65. The molecule has 8 heteroatoms. The Morgan fingerprint density at radius 1 is 1.32 bits per heavy atom. The summed E-state index contributed by atoms with van der Waals surface area (Å²) in [6.07, 6.45) is 6.77. The maximum Gasteiger partial charge on any atom is 0.277 e. The predicted molar refractivity (Wildman–Crippen MR) is 99.1 cm³/mol. The van der Waals surface area contributed by atoms with Crippen LogP contribution in [-0.4, -0.2) is 33.7 Å². The van der Waals surface area contributed by atoms with Crippen LogP contribution in [0.2, 0.25) is 0 Å². The minimum absolute atomic E-state index is 0.125. The third-order valence-corrected chi connectivity index (χ3v) is 4.83. The summed E-state index contributed by atoms with van der Waals surface area (Å²) in [6, 6.07) is 10.2. The monoisotopic (exact) mass is 361 g/mol.